The Morgan fingerprint density at radius 2 is 1.00 bits per heavy atom. The topological polar surface area (TPSA) is 44.8 Å². The Hall–Kier alpha value is -1.80. The summed E-state index contributed by atoms with van der Waals surface area (Å²) in [5, 5.41) is 2.92. The molecule has 0 radical (unpaired) electrons. The quantitative estimate of drug-likeness (QED) is 0.492. The fraction of sp³-hybridized carbons (Fsp3) is 0.182. The number of benzene rings is 3. The first-order chi connectivity index (χ1) is 13.5. The molecule has 4 nitrogen and oxygen atoms in total. The van der Waals surface area contributed by atoms with Gasteiger partial charge in [0.1, 0.15) is 0 Å². The number of phosphoric acid groups is 1. The van der Waals surface area contributed by atoms with Crippen LogP contribution in [-0.2, 0) is 17.9 Å². The van der Waals surface area contributed by atoms with Gasteiger partial charge in [-0.25, -0.2) is 0 Å². The minimum atomic E-state index is -3.82. The van der Waals surface area contributed by atoms with E-state index in [0.29, 0.717) is 6.16 Å². The van der Waals surface area contributed by atoms with Crippen LogP contribution in [-0.4, -0.2) is 20.4 Å². The SMILES string of the molecule is CCP(OP(=O)(OC)OC)(c1ccccc1)(c1ccccc1)c1ccccc1. The van der Waals surface area contributed by atoms with Crippen LogP contribution in [0.5, 0.6) is 0 Å². The first-order valence-electron chi connectivity index (χ1n) is 9.16. The first-order valence-corrected chi connectivity index (χ1v) is 13.0. The first kappa shape index (κ1) is 20.9. The zero-order valence-electron chi connectivity index (χ0n) is 16.4. The molecule has 6 heteroatoms. The predicted octanol–water partition coefficient (Wildman–Crippen LogP) is 4.87. The summed E-state index contributed by atoms with van der Waals surface area (Å²) in [7, 11) is -1.12. The molecule has 0 saturated heterocycles. The molecule has 0 heterocycles. The van der Waals surface area contributed by atoms with Crippen LogP contribution in [0.2, 0.25) is 0 Å². The molecule has 3 aromatic rings. The standard InChI is InChI=1S/C22H26O4P2/c1-4-28(20-14-8-5-9-15-20,21-16-10-6-11-17-21,22-18-12-7-13-19-22)26-27(23,24-2)25-3/h5-19H,4H2,1-3H3. The summed E-state index contributed by atoms with van der Waals surface area (Å²) < 4.78 is 30.6. The number of rotatable bonds is 8. The van der Waals surface area contributed by atoms with Gasteiger partial charge in [-0.3, -0.25) is 0 Å². The number of hydrogen-bond acceptors (Lipinski definition) is 4. The second-order valence-electron chi connectivity index (χ2n) is 6.43. The maximum absolute atomic E-state index is 13.4. The van der Waals surface area contributed by atoms with Crippen LogP contribution in [0.15, 0.2) is 91.0 Å². The van der Waals surface area contributed by atoms with E-state index >= 15 is 0 Å². The Morgan fingerprint density at radius 1 is 0.679 bits per heavy atom. The molecule has 0 aliphatic rings. The molecule has 0 aliphatic carbocycles. The van der Waals surface area contributed by atoms with Gasteiger partial charge in [0.15, 0.2) is 0 Å². The summed E-state index contributed by atoms with van der Waals surface area (Å²) in [4.78, 5) is 0. The number of phosphoric ester groups is 1. The van der Waals surface area contributed by atoms with Gasteiger partial charge >= 0.3 is 167 Å². The average molecular weight is 416 g/mol. The predicted molar refractivity (Wildman–Crippen MR) is 118 cm³/mol. The molecule has 0 aromatic heterocycles. The van der Waals surface area contributed by atoms with E-state index < -0.39 is 14.7 Å². The Bertz CT molecular complexity index is 839. The Kier molecular flexibility index (Phi) is 6.19. The monoisotopic (exact) mass is 416 g/mol. The van der Waals surface area contributed by atoms with Crippen molar-refractivity contribution in [2.45, 2.75) is 6.92 Å². The normalized spacial score (nSPS) is 13.6. The van der Waals surface area contributed by atoms with E-state index in [1.165, 1.54) is 14.2 Å². The molecular formula is C22H26O4P2. The molecule has 0 atom stereocenters. The molecule has 3 aromatic carbocycles. The van der Waals surface area contributed by atoms with Gasteiger partial charge in [-0.2, -0.15) is 0 Å². The zero-order chi connectivity index (χ0) is 20.1. The molecule has 0 fully saturated rings. The summed E-state index contributed by atoms with van der Waals surface area (Å²) in [6.07, 6.45) is 0.598. The molecule has 0 N–H and O–H groups in total. The minimum absolute atomic E-state index is 0.598. The molecular weight excluding hydrogens is 390 g/mol. The fourth-order valence-electron chi connectivity index (χ4n) is 3.79. The second-order valence-corrected chi connectivity index (χ2v) is 13.3. The maximum atomic E-state index is 13.4. The van der Waals surface area contributed by atoms with Gasteiger partial charge in [-0.1, -0.05) is 0 Å². The van der Waals surface area contributed by atoms with Crippen molar-refractivity contribution in [3.63, 3.8) is 0 Å². The Morgan fingerprint density at radius 3 is 1.25 bits per heavy atom. The van der Waals surface area contributed by atoms with Crippen molar-refractivity contribution in [3.05, 3.63) is 91.0 Å². The van der Waals surface area contributed by atoms with Crippen LogP contribution in [0, 0.1) is 0 Å². The van der Waals surface area contributed by atoms with E-state index in [2.05, 4.69) is 6.92 Å². The molecule has 148 valence electrons. The molecule has 0 spiro atoms. The summed E-state index contributed by atoms with van der Waals surface area (Å²) >= 11 is 0. The molecule has 28 heavy (non-hydrogen) atoms. The van der Waals surface area contributed by atoms with Crippen LogP contribution in [0.4, 0.5) is 0 Å². The van der Waals surface area contributed by atoms with E-state index in [0.717, 1.165) is 15.9 Å². The van der Waals surface area contributed by atoms with Gasteiger partial charge in [0.2, 0.25) is 0 Å². The molecule has 0 amide bonds. The van der Waals surface area contributed by atoms with Crippen LogP contribution in [0.3, 0.4) is 0 Å². The van der Waals surface area contributed by atoms with Crippen LogP contribution in [0.25, 0.3) is 0 Å². The van der Waals surface area contributed by atoms with Crippen LogP contribution >= 0.6 is 14.7 Å². The molecule has 0 bridgehead atoms. The Balaban J connectivity index is 2.51. The van der Waals surface area contributed by atoms with E-state index in [9.17, 15) is 4.57 Å². The van der Waals surface area contributed by atoms with Gasteiger partial charge in [-0.05, 0) is 0 Å². The molecule has 0 saturated carbocycles. The summed E-state index contributed by atoms with van der Waals surface area (Å²) in [6, 6.07) is 30.0. The number of hydrogen-bond donors (Lipinski definition) is 0. The van der Waals surface area contributed by atoms with Gasteiger partial charge in [0.05, 0.1) is 0 Å². The second kappa shape index (κ2) is 8.29. The summed E-state index contributed by atoms with van der Waals surface area (Å²) in [5.74, 6) is 0. The molecule has 3 rings (SSSR count). The summed E-state index contributed by atoms with van der Waals surface area (Å²) in [5.41, 5.74) is 0. The van der Waals surface area contributed by atoms with Crippen molar-refractivity contribution in [3.8, 4) is 0 Å². The average Bonchev–Trinajstić information content (AvgIpc) is 2.79. The third-order valence-electron chi connectivity index (χ3n) is 5.24. The van der Waals surface area contributed by atoms with E-state index in [4.69, 9.17) is 13.4 Å². The van der Waals surface area contributed by atoms with Crippen molar-refractivity contribution >= 4 is 30.6 Å². The van der Waals surface area contributed by atoms with Crippen LogP contribution in [0.1, 0.15) is 6.92 Å². The van der Waals surface area contributed by atoms with Crippen molar-refractivity contribution in [2.75, 3.05) is 20.4 Å². The van der Waals surface area contributed by atoms with E-state index in [1.807, 2.05) is 91.0 Å². The Labute approximate surface area is 167 Å². The van der Waals surface area contributed by atoms with Gasteiger partial charge < -0.3 is 0 Å². The third-order valence-corrected chi connectivity index (χ3v) is 13.8. The molecule has 0 unspecified atom stereocenters. The van der Waals surface area contributed by atoms with Gasteiger partial charge in [0, 0.05) is 0 Å². The van der Waals surface area contributed by atoms with E-state index in [1.54, 1.807) is 0 Å². The van der Waals surface area contributed by atoms with Crippen molar-refractivity contribution in [1.29, 1.82) is 0 Å². The van der Waals surface area contributed by atoms with Gasteiger partial charge in [0.25, 0.3) is 0 Å². The van der Waals surface area contributed by atoms with E-state index in [-0.39, 0.29) is 0 Å². The summed E-state index contributed by atoms with van der Waals surface area (Å²) in [6.45, 7) is -1.59. The van der Waals surface area contributed by atoms with Crippen molar-refractivity contribution in [1.82, 2.24) is 0 Å². The van der Waals surface area contributed by atoms with Gasteiger partial charge in [-0.15, -0.1) is 0 Å². The molecule has 0 aliphatic heterocycles. The van der Waals surface area contributed by atoms with Crippen LogP contribution < -0.4 is 15.9 Å². The van der Waals surface area contributed by atoms with Crippen molar-refractivity contribution in [2.24, 2.45) is 0 Å². The zero-order valence-corrected chi connectivity index (χ0v) is 18.2. The third kappa shape index (κ3) is 3.26. The van der Waals surface area contributed by atoms with Crippen molar-refractivity contribution < 1.29 is 17.9 Å². The fourth-order valence-corrected chi connectivity index (χ4v) is 12.2.